The van der Waals surface area contributed by atoms with Crippen LogP contribution in [-0.4, -0.2) is 11.0 Å². The molecule has 4 aromatic carbocycles. The average molecular weight is 411 g/mol. The van der Waals surface area contributed by atoms with Gasteiger partial charge in [-0.2, -0.15) is 0 Å². The lowest BCUT2D eigenvalue weighted by atomic mass is 9.89. The van der Waals surface area contributed by atoms with Crippen molar-refractivity contribution in [2.24, 2.45) is 0 Å². The number of anilines is 2. The first-order valence-corrected chi connectivity index (χ1v) is 11.2. The number of para-hydroxylation sites is 2. The molecule has 1 aliphatic heterocycles. The Hall–Kier alpha value is -4.04. The van der Waals surface area contributed by atoms with Gasteiger partial charge < -0.3 is 9.88 Å². The Labute approximate surface area is 187 Å². The molecule has 2 aliphatic rings. The van der Waals surface area contributed by atoms with Crippen molar-refractivity contribution >= 4 is 33.2 Å². The van der Waals surface area contributed by atoms with Crippen molar-refractivity contribution in [3.63, 3.8) is 0 Å². The first-order valence-electron chi connectivity index (χ1n) is 11.2. The topological polar surface area (TPSA) is 19.0 Å². The second kappa shape index (κ2) is 6.73. The van der Waals surface area contributed by atoms with Crippen molar-refractivity contribution in [1.29, 1.82) is 0 Å². The summed E-state index contributed by atoms with van der Waals surface area (Å²) in [6.45, 7) is 0. The minimum absolute atomic E-state index is 0.323. The quantitative estimate of drug-likeness (QED) is 0.316. The molecule has 32 heavy (non-hydrogen) atoms. The van der Waals surface area contributed by atoms with E-state index in [0.29, 0.717) is 12.0 Å². The fraction of sp³-hybridized carbons (Fsp3) is 0.0667. The highest BCUT2D eigenvalue weighted by molar-refractivity contribution is 6.08. The van der Waals surface area contributed by atoms with Crippen LogP contribution < -0.4 is 4.90 Å². The predicted molar refractivity (Wildman–Crippen MR) is 135 cm³/mol. The van der Waals surface area contributed by atoms with Crippen molar-refractivity contribution in [2.45, 2.75) is 12.0 Å². The van der Waals surface area contributed by atoms with Gasteiger partial charge in [0, 0.05) is 39.1 Å². The Morgan fingerprint density at radius 1 is 0.625 bits per heavy atom. The largest absolute Gasteiger partial charge is 0.355 e. The van der Waals surface area contributed by atoms with Gasteiger partial charge in [-0.3, -0.25) is 0 Å². The number of hydrogen-bond acceptors (Lipinski definition) is 1. The standard InChI is InChI=1S/C30H22N2/c1-2-8-22(9-3-1)32-29-13-7-5-11-24(29)26-19-21(15-17-30(26)32)20-14-16-28-25(18-20)23-10-4-6-12-27(23)31-28/h1-19,24,29,31H/t24-,29?/m0/s1. The number of nitrogens with zero attached hydrogens (tertiary/aromatic N) is 1. The van der Waals surface area contributed by atoms with E-state index in [1.54, 1.807) is 0 Å². The fourth-order valence-electron chi connectivity index (χ4n) is 5.44. The molecule has 1 aliphatic carbocycles. The third-order valence-electron chi connectivity index (χ3n) is 6.92. The predicted octanol–water partition coefficient (Wildman–Crippen LogP) is 7.72. The van der Waals surface area contributed by atoms with E-state index in [-0.39, 0.29) is 0 Å². The smallest absolute Gasteiger partial charge is 0.0629 e. The van der Waals surface area contributed by atoms with Gasteiger partial charge in [0.05, 0.1) is 6.04 Å². The molecular weight excluding hydrogens is 388 g/mol. The van der Waals surface area contributed by atoms with Gasteiger partial charge in [0.2, 0.25) is 0 Å². The molecule has 1 unspecified atom stereocenters. The van der Waals surface area contributed by atoms with E-state index in [0.717, 1.165) is 0 Å². The summed E-state index contributed by atoms with van der Waals surface area (Å²) in [5, 5.41) is 2.56. The first-order chi connectivity index (χ1) is 15.9. The molecule has 0 radical (unpaired) electrons. The number of hydrogen-bond donors (Lipinski definition) is 1. The van der Waals surface area contributed by atoms with Gasteiger partial charge >= 0.3 is 0 Å². The molecule has 2 atom stereocenters. The number of aromatic amines is 1. The van der Waals surface area contributed by atoms with Gasteiger partial charge in [-0.1, -0.05) is 72.8 Å². The van der Waals surface area contributed by atoms with Gasteiger partial charge in [0.15, 0.2) is 0 Å². The van der Waals surface area contributed by atoms with E-state index in [2.05, 4.69) is 125 Å². The molecule has 0 bridgehead atoms. The molecule has 1 N–H and O–H groups in total. The van der Waals surface area contributed by atoms with Crippen LogP contribution in [0.3, 0.4) is 0 Å². The summed E-state index contributed by atoms with van der Waals surface area (Å²) in [6.07, 6.45) is 9.04. The van der Waals surface area contributed by atoms with E-state index in [1.807, 2.05) is 0 Å². The van der Waals surface area contributed by atoms with Gasteiger partial charge in [0.25, 0.3) is 0 Å². The second-order valence-corrected chi connectivity index (χ2v) is 8.70. The Kier molecular flexibility index (Phi) is 3.71. The van der Waals surface area contributed by atoms with Gasteiger partial charge in [-0.05, 0) is 59.2 Å². The molecular formula is C30H22N2. The summed E-state index contributed by atoms with van der Waals surface area (Å²) in [7, 11) is 0. The lowest BCUT2D eigenvalue weighted by Gasteiger charge is -2.28. The summed E-state index contributed by atoms with van der Waals surface area (Å²) in [4.78, 5) is 6.01. The summed E-state index contributed by atoms with van der Waals surface area (Å²) >= 11 is 0. The third-order valence-corrected chi connectivity index (χ3v) is 6.92. The van der Waals surface area contributed by atoms with E-state index in [9.17, 15) is 0 Å². The summed E-state index contributed by atoms with van der Waals surface area (Å²) in [5.41, 5.74) is 8.85. The zero-order valence-electron chi connectivity index (χ0n) is 17.6. The fourth-order valence-corrected chi connectivity index (χ4v) is 5.44. The Morgan fingerprint density at radius 3 is 2.31 bits per heavy atom. The van der Waals surface area contributed by atoms with Crippen LogP contribution in [0.2, 0.25) is 0 Å². The Bertz CT molecular complexity index is 1540. The van der Waals surface area contributed by atoms with Crippen molar-refractivity contribution in [3.8, 4) is 11.1 Å². The molecule has 0 fully saturated rings. The normalized spacial score (nSPS) is 18.9. The van der Waals surface area contributed by atoms with Crippen LogP contribution in [0.1, 0.15) is 11.5 Å². The maximum absolute atomic E-state index is 3.54. The average Bonchev–Trinajstić information content (AvgIpc) is 3.39. The monoisotopic (exact) mass is 410 g/mol. The van der Waals surface area contributed by atoms with Gasteiger partial charge in [-0.25, -0.2) is 0 Å². The molecule has 1 aromatic heterocycles. The minimum Gasteiger partial charge on any atom is -0.355 e. The van der Waals surface area contributed by atoms with Crippen LogP contribution in [0.15, 0.2) is 115 Å². The van der Waals surface area contributed by atoms with Gasteiger partial charge in [0.1, 0.15) is 0 Å². The van der Waals surface area contributed by atoms with Crippen molar-refractivity contribution in [1.82, 2.24) is 4.98 Å². The Morgan fingerprint density at radius 2 is 1.38 bits per heavy atom. The third kappa shape index (κ3) is 2.53. The van der Waals surface area contributed by atoms with E-state index >= 15 is 0 Å². The molecule has 5 aromatic rings. The van der Waals surface area contributed by atoms with Crippen LogP contribution in [0, 0.1) is 0 Å². The van der Waals surface area contributed by atoms with Crippen LogP contribution in [-0.2, 0) is 0 Å². The number of aromatic nitrogens is 1. The number of rotatable bonds is 2. The first kappa shape index (κ1) is 17.6. The molecule has 0 amide bonds. The molecule has 0 saturated heterocycles. The summed E-state index contributed by atoms with van der Waals surface area (Å²) < 4.78 is 0. The maximum atomic E-state index is 3.54. The number of nitrogens with one attached hydrogen (secondary N) is 1. The molecule has 2 heteroatoms. The number of allylic oxidation sites excluding steroid dienone is 2. The van der Waals surface area contributed by atoms with E-state index in [4.69, 9.17) is 0 Å². The molecule has 152 valence electrons. The molecule has 2 nitrogen and oxygen atoms in total. The van der Waals surface area contributed by atoms with Crippen molar-refractivity contribution in [3.05, 3.63) is 121 Å². The highest BCUT2D eigenvalue weighted by atomic mass is 15.2. The summed E-state index contributed by atoms with van der Waals surface area (Å²) in [5.74, 6) is 0.368. The zero-order valence-corrected chi connectivity index (χ0v) is 17.6. The highest BCUT2D eigenvalue weighted by Crippen LogP contribution is 2.48. The summed E-state index contributed by atoms with van der Waals surface area (Å²) in [6, 6.07) is 33.3. The molecule has 7 rings (SSSR count). The van der Waals surface area contributed by atoms with Crippen molar-refractivity contribution < 1.29 is 0 Å². The minimum atomic E-state index is 0.323. The highest BCUT2D eigenvalue weighted by Gasteiger charge is 2.37. The van der Waals surface area contributed by atoms with Crippen molar-refractivity contribution in [2.75, 3.05) is 4.90 Å². The van der Waals surface area contributed by atoms with E-state index < -0.39 is 0 Å². The maximum Gasteiger partial charge on any atom is 0.0629 e. The Balaban J connectivity index is 1.38. The zero-order chi connectivity index (χ0) is 21.1. The van der Waals surface area contributed by atoms with Crippen LogP contribution in [0.25, 0.3) is 32.9 Å². The van der Waals surface area contributed by atoms with Gasteiger partial charge in [-0.15, -0.1) is 0 Å². The lowest BCUT2D eigenvalue weighted by Crippen LogP contribution is -2.28. The molecule has 2 heterocycles. The SMILES string of the molecule is C1=CC2[C@@H](C=C1)c1cc(-c3ccc4[nH]c5ccccc5c4c3)ccc1N2c1ccccc1. The number of benzene rings is 4. The molecule has 0 saturated carbocycles. The van der Waals surface area contributed by atoms with E-state index in [1.165, 1.54) is 49.9 Å². The lowest BCUT2D eigenvalue weighted by molar-refractivity contribution is 0.745. The number of fused-ring (bicyclic) bond motifs is 6. The second-order valence-electron chi connectivity index (χ2n) is 8.70. The molecule has 0 spiro atoms. The van der Waals surface area contributed by atoms with Crippen LogP contribution in [0.4, 0.5) is 11.4 Å². The number of H-pyrrole nitrogens is 1. The van der Waals surface area contributed by atoms with Crippen LogP contribution in [0.5, 0.6) is 0 Å². The van der Waals surface area contributed by atoms with Crippen LogP contribution >= 0.6 is 0 Å².